The first-order chi connectivity index (χ1) is 9.99. The van der Waals surface area contributed by atoms with Crippen molar-refractivity contribution in [2.75, 3.05) is 26.2 Å². The molecule has 1 fully saturated rings. The SMILES string of the molecule is C[C@@H]1CN(Cc2ccc(C#N)cc2F)CCN1C[C@@H](C)O. The van der Waals surface area contributed by atoms with Gasteiger partial charge in [0.2, 0.25) is 0 Å². The molecule has 0 radical (unpaired) electrons. The molecule has 0 spiro atoms. The van der Waals surface area contributed by atoms with Gasteiger partial charge >= 0.3 is 0 Å². The van der Waals surface area contributed by atoms with E-state index in [4.69, 9.17) is 5.26 Å². The highest BCUT2D eigenvalue weighted by Gasteiger charge is 2.24. The van der Waals surface area contributed by atoms with Crippen LogP contribution in [0.3, 0.4) is 0 Å². The topological polar surface area (TPSA) is 50.5 Å². The molecule has 1 saturated heterocycles. The molecule has 114 valence electrons. The van der Waals surface area contributed by atoms with Gasteiger partial charge in [-0.1, -0.05) is 6.07 Å². The molecule has 21 heavy (non-hydrogen) atoms. The largest absolute Gasteiger partial charge is 0.392 e. The Morgan fingerprint density at radius 2 is 2.24 bits per heavy atom. The Kier molecular flexibility index (Phi) is 5.29. The van der Waals surface area contributed by atoms with Crippen LogP contribution >= 0.6 is 0 Å². The summed E-state index contributed by atoms with van der Waals surface area (Å²) >= 11 is 0. The number of nitrogens with zero attached hydrogens (tertiary/aromatic N) is 3. The summed E-state index contributed by atoms with van der Waals surface area (Å²) in [5.74, 6) is -0.312. The lowest BCUT2D eigenvalue weighted by Crippen LogP contribution is -2.53. The van der Waals surface area contributed by atoms with Crippen molar-refractivity contribution >= 4 is 0 Å². The Balaban J connectivity index is 1.95. The van der Waals surface area contributed by atoms with Crippen molar-refractivity contribution in [1.82, 2.24) is 9.80 Å². The van der Waals surface area contributed by atoms with Crippen molar-refractivity contribution in [2.45, 2.75) is 32.5 Å². The molecule has 0 bridgehead atoms. The highest BCUT2D eigenvalue weighted by atomic mass is 19.1. The van der Waals surface area contributed by atoms with Gasteiger partial charge < -0.3 is 5.11 Å². The Morgan fingerprint density at radius 1 is 1.48 bits per heavy atom. The second kappa shape index (κ2) is 6.99. The van der Waals surface area contributed by atoms with E-state index >= 15 is 0 Å². The fourth-order valence-electron chi connectivity index (χ4n) is 2.81. The highest BCUT2D eigenvalue weighted by Crippen LogP contribution is 2.16. The molecule has 5 heteroatoms. The van der Waals surface area contributed by atoms with Gasteiger partial charge in [0.05, 0.1) is 17.7 Å². The first kappa shape index (κ1) is 15.9. The Morgan fingerprint density at radius 3 is 2.81 bits per heavy atom. The number of hydrogen-bond donors (Lipinski definition) is 1. The molecule has 0 saturated carbocycles. The zero-order valence-corrected chi connectivity index (χ0v) is 12.6. The van der Waals surface area contributed by atoms with Gasteiger partial charge in [-0.05, 0) is 26.0 Å². The van der Waals surface area contributed by atoms with E-state index in [1.807, 2.05) is 6.07 Å². The minimum Gasteiger partial charge on any atom is -0.392 e. The van der Waals surface area contributed by atoms with Crippen LogP contribution in [0.1, 0.15) is 25.0 Å². The maximum Gasteiger partial charge on any atom is 0.129 e. The Bertz CT molecular complexity index is 527. The Labute approximate surface area is 125 Å². The van der Waals surface area contributed by atoms with E-state index in [0.29, 0.717) is 30.3 Å². The smallest absolute Gasteiger partial charge is 0.129 e. The van der Waals surface area contributed by atoms with Crippen LogP contribution in [0, 0.1) is 17.1 Å². The van der Waals surface area contributed by atoms with Gasteiger partial charge in [0, 0.05) is 44.3 Å². The lowest BCUT2D eigenvalue weighted by Gasteiger charge is -2.40. The molecular formula is C16H22FN3O. The zero-order valence-electron chi connectivity index (χ0n) is 12.6. The standard InChI is InChI=1S/C16H22FN3O/c1-12-9-19(5-6-20(12)10-13(2)21)11-15-4-3-14(8-18)7-16(15)17/h3-4,7,12-13,21H,5-6,9-11H2,1-2H3/t12-,13-/m1/s1. The first-order valence-corrected chi connectivity index (χ1v) is 7.32. The van der Waals surface area contributed by atoms with Gasteiger partial charge in [0.25, 0.3) is 0 Å². The van der Waals surface area contributed by atoms with Crippen molar-refractivity contribution < 1.29 is 9.50 Å². The van der Waals surface area contributed by atoms with Crippen molar-refractivity contribution in [2.24, 2.45) is 0 Å². The molecule has 2 rings (SSSR count). The minimum absolute atomic E-state index is 0.312. The average molecular weight is 291 g/mol. The van der Waals surface area contributed by atoms with Crippen LogP contribution in [0.4, 0.5) is 4.39 Å². The molecule has 1 aliphatic heterocycles. The maximum absolute atomic E-state index is 13.9. The first-order valence-electron chi connectivity index (χ1n) is 7.32. The second-order valence-electron chi connectivity index (χ2n) is 5.85. The monoisotopic (exact) mass is 291 g/mol. The summed E-state index contributed by atoms with van der Waals surface area (Å²) in [6.07, 6.45) is -0.324. The van der Waals surface area contributed by atoms with Crippen LogP contribution in [0.25, 0.3) is 0 Å². The third-order valence-electron chi connectivity index (χ3n) is 3.92. The van der Waals surface area contributed by atoms with E-state index in [-0.39, 0.29) is 11.9 Å². The molecule has 0 aromatic heterocycles. The number of piperazine rings is 1. The van der Waals surface area contributed by atoms with E-state index in [1.54, 1.807) is 19.1 Å². The lowest BCUT2D eigenvalue weighted by molar-refractivity contribution is 0.0419. The molecule has 0 aliphatic carbocycles. The van der Waals surface area contributed by atoms with E-state index in [0.717, 1.165) is 19.6 Å². The van der Waals surface area contributed by atoms with Crippen molar-refractivity contribution in [3.63, 3.8) is 0 Å². The fraction of sp³-hybridized carbons (Fsp3) is 0.562. The fourth-order valence-corrected chi connectivity index (χ4v) is 2.81. The summed E-state index contributed by atoms with van der Waals surface area (Å²) in [5, 5.41) is 18.2. The normalized spacial score (nSPS) is 22.0. The van der Waals surface area contributed by atoms with E-state index in [1.165, 1.54) is 6.07 Å². The van der Waals surface area contributed by atoms with Gasteiger partial charge in [0.15, 0.2) is 0 Å². The van der Waals surface area contributed by atoms with Gasteiger partial charge in [-0.3, -0.25) is 9.80 Å². The quantitative estimate of drug-likeness (QED) is 0.915. The number of halogens is 1. The number of β-amino-alcohol motifs (C(OH)–C–C–N with tert-alkyl or cyclic N) is 1. The average Bonchev–Trinajstić information content (AvgIpc) is 2.43. The summed E-state index contributed by atoms with van der Waals surface area (Å²) in [4.78, 5) is 4.48. The summed E-state index contributed by atoms with van der Waals surface area (Å²) in [7, 11) is 0. The predicted molar refractivity (Wildman–Crippen MR) is 79.1 cm³/mol. The van der Waals surface area contributed by atoms with Crippen molar-refractivity contribution in [1.29, 1.82) is 5.26 Å². The number of aliphatic hydroxyl groups is 1. The molecule has 1 aromatic carbocycles. The highest BCUT2D eigenvalue weighted by molar-refractivity contribution is 5.32. The maximum atomic E-state index is 13.9. The molecule has 0 amide bonds. The van der Waals surface area contributed by atoms with Gasteiger partial charge in [-0.15, -0.1) is 0 Å². The molecule has 1 heterocycles. The summed E-state index contributed by atoms with van der Waals surface area (Å²) in [6, 6.07) is 6.94. The second-order valence-corrected chi connectivity index (χ2v) is 5.85. The van der Waals surface area contributed by atoms with Gasteiger partial charge in [-0.25, -0.2) is 4.39 Å². The van der Waals surface area contributed by atoms with Crippen LogP contribution in [0.2, 0.25) is 0 Å². The molecular weight excluding hydrogens is 269 g/mol. The molecule has 1 aliphatic rings. The van der Waals surface area contributed by atoms with Crippen LogP contribution < -0.4 is 0 Å². The van der Waals surface area contributed by atoms with Crippen LogP contribution in [-0.2, 0) is 6.54 Å². The van der Waals surface area contributed by atoms with Crippen molar-refractivity contribution in [3.05, 3.63) is 35.1 Å². The van der Waals surface area contributed by atoms with E-state index < -0.39 is 0 Å². The molecule has 1 N–H and O–H groups in total. The van der Waals surface area contributed by atoms with Crippen LogP contribution in [0.5, 0.6) is 0 Å². The number of nitriles is 1. The van der Waals surface area contributed by atoms with E-state index in [9.17, 15) is 9.50 Å². The Hall–Kier alpha value is -1.48. The minimum atomic E-state index is -0.324. The van der Waals surface area contributed by atoms with E-state index in [2.05, 4.69) is 16.7 Å². The predicted octanol–water partition coefficient (Wildman–Crippen LogP) is 1.58. The molecule has 1 aromatic rings. The van der Waals surface area contributed by atoms with Gasteiger partial charge in [0.1, 0.15) is 5.82 Å². The van der Waals surface area contributed by atoms with Gasteiger partial charge in [-0.2, -0.15) is 5.26 Å². The summed E-state index contributed by atoms with van der Waals surface area (Å²) < 4.78 is 13.9. The molecule has 2 atom stereocenters. The zero-order chi connectivity index (χ0) is 15.4. The van der Waals surface area contributed by atoms with Crippen LogP contribution in [-0.4, -0.2) is 53.2 Å². The summed E-state index contributed by atoms with van der Waals surface area (Å²) in [5.41, 5.74) is 0.983. The number of aliphatic hydroxyl groups excluding tert-OH is 1. The number of hydrogen-bond acceptors (Lipinski definition) is 4. The van der Waals surface area contributed by atoms with Crippen LogP contribution in [0.15, 0.2) is 18.2 Å². The lowest BCUT2D eigenvalue weighted by atomic mass is 10.1. The van der Waals surface area contributed by atoms with Crippen molar-refractivity contribution in [3.8, 4) is 6.07 Å². The third kappa shape index (κ3) is 4.24. The number of benzene rings is 1. The number of rotatable bonds is 4. The molecule has 4 nitrogen and oxygen atoms in total. The molecule has 0 unspecified atom stereocenters. The summed E-state index contributed by atoms with van der Waals surface area (Å²) in [6.45, 7) is 7.76. The third-order valence-corrected chi connectivity index (χ3v) is 3.92.